The van der Waals surface area contributed by atoms with Crippen LogP contribution in [0, 0.1) is 0 Å². The number of imidazole rings is 1. The molecule has 0 saturated heterocycles. The van der Waals surface area contributed by atoms with E-state index in [1.807, 2.05) is 28.8 Å². The third kappa shape index (κ3) is 2.41. The maximum Gasteiger partial charge on any atom is 0.261 e. The van der Waals surface area contributed by atoms with E-state index in [-0.39, 0.29) is 18.4 Å². The molecule has 2 aliphatic rings. The maximum absolute atomic E-state index is 12.7. The topological polar surface area (TPSA) is 92.0 Å². The van der Waals surface area contributed by atoms with Crippen molar-refractivity contribution in [2.45, 2.75) is 12.1 Å². The molecule has 0 fully saturated rings. The van der Waals surface area contributed by atoms with Gasteiger partial charge in [0.1, 0.15) is 5.54 Å². The molecule has 8 nitrogen and oxygen atoms in total. The predicted molar refractivity (Wildman–Crippen MR) is 97.1 cm³/mol. The molecule has 0 saturated carbocycles. The third-order valence-corrected chi connectivity index (χ3v) is 5.07. The van der Waals surface area contributed by atoms with Crippen LogP contribution in [-0.4, -0.2) is 44.9 Å². The molecule has 2 amide bonds. The summed E-state index contributed by atoms with van der Waals surface area (Å²) in [6.45, 7) is 1.03. The number of imide groups is 1. The fourth-order valence-corrected chi connectivity index (χ4v) is 3.72. The van der Waals surface area contributed by atoms with E-state index in [9.17, 15) is 9.59 Å². The molecule has 1 aromatic heterocycles. The fourth-order valence-electron chi connectivity index (χ4n) is 3.72. The highest BCUT2D eigenvalue weighted by atomic mass is 16.2. The van der Waals surface area contributed by atoms with Crippen LogP contribution in [0.1, 0.15) is 20.7 Å². The first-order valence-corrected chi connectivity index (χ1v) is 8.66. The average Bonchev–Trinajstić information content (AvgIpc) is 3.38. The van der Waals surface area contributed by atoms with Gasteiger partial charge in [0.2, 0.25) is 0 Å². The third-order valence-electron chi connectivity index (χ3n) is 5.07. The second-order valence-electron chi connectivity index (χ2n) is 6.89. The number of hydrogen-bond acceptors (Lipinski definition) is 6. The second-order valence-corrected chi connectivity index (χ2v) is 6.89. The van der Waals surface area contributed by atoms with E-state index in [0.29, 0.717) is 24.2 Å². The summed E-state index contributed by atoms with van der Waals surface area (Å²) >= 11 is 0. The largest absolute Gasteiger partial charge is 0.328 e. The molecular weight excluding hydrogens is 344 g/mol. The fraction of sp³-hybridized carbons (Fsp3) is 0.211. The number of carbonyl (C=O) groups is 2. The Morgan fingerprint density at radius 2 is 1.67 bits per heavy atom. The number of para-hydroxylation sites is 2. The maximum atomic E-state index is 12.7. The molecule has 1 N–H and O–H groups in total. The number of nitrogens with zero attached hydrogens (tertiary/aromatic N) is 5. The SMILES string of the molecule is O=C1c2ccccc2C(=O)N1CC1(Cn2cnc3ccccc32)CN=NN1. The van der Waals surface area contributed by atoms with E-state index < -0.39 is 5.54 Å². The van der Waals surface area contributed by atoms with Gasteiger partial charge in [-0.15, -0.1) is 0 Å². The molecule has 8 heteroatoms. The molecule has 2 aliphatic heterocycles. The molecule has 1 atom stereocenters. The second kappa shape index (κ2) is 5.73. The number of hydrogen-bond donors (Lipinski definition) is 1. The van der Waals surface area contributed by atoms with Gasteiger partial charge in [-0.2, -0.15) is 5.11 Å². The summed E-state index contributed by atoms with van der Waals surface area (Å²) in [5.41, 5.74) is 5.11. The van der Waals surface area contributed by atoms with Crippen molar-refractivity contribution in [1.29, 1.82) is 0 Å². The summed E-state index contributed by atoms with van der Waals surface area (Å²) in [6, 6.07) is 14.7. The molecule has 3 aromatic rings. The van der Waals surface area contributed by atoms with Crippen LogP contribution in [-0.2, 0) is 6.54 Å². The van der Waals surface area contributed by atoms with Crippen molar-refractivity contribution in [3.05, 3.63) is 66.0 Å². The van der Waals surface area contributed by atoms with Gasteiger partial charge in [-0.25, -0.2) is 4.98 Å². The smallest absolute Gasteiger partial charge is 0.261 e. The van der Waals surface area contributed by atoms with Crippen molar-refractivity contribution in [3.8, 4) is 0 Å². The summed E-state index contributed by atoms with van der Waals surface area (Å²) in [5.74, 6) is -0.557. The zero-order valence-electron chi connectivity index (χ0n) is 14.4. The van der Waals surface area contributed by atoms with Crippen molar-refractivity contribution in [1.82, 2.24) is 19.9 Å². The van der Waals surface area contributed by atoms with Gasteiger partial charge in [0, 0.05) is 0 Å². The highest BCUT2D eigenvalue weighted by Crippen LogP contribution is 2.27. The molecule has 134 valence electrons. The standard InChI is InChI=1S/C19H16N6O2/c26-17-13-5-1-2-6-14(13)18(27)25(17)11-19(9-21-23-22-19)10-24-12-20-15-7-3-4-8-16(15)24/h1-8,12H,9-11H2,(H,21,22). The molecule has 0 aliphatic carbocycles. The van der Waals surface area contributed by atoms with Crippen LogP contribution in [0.15, 0.2) is 65.2 Å². The van der Waals surface area contributed by atoms with Gasteiger partial charge in [-0.05, 0) is 24.3 Å². The quantitative estimate of drug-likeness (QED) is 0.721. The van der Waals surface area contributed by atoms with Gasteiger partial charge >= 0.3 is 0 Å². The minimum atomic E-state index is -0.670. The van der Waals surface area contributed by atoms with Crippen molar-refractivity contribution in [2.75, 3.05) is 13.1 Å². The average molecular weight is 360 g/mol. The number of carbonyl (C=O) groups excluding carboxylic acids is 2. The van der Waals surface area contributed by atoms with Crippen molar-refractivity contribution < 1.29 is 9.59 Å². The van der Waals surface area contributed by atoms with Crippen LogP contribution >= 0.6 is 0 Å². The molecule has 0 radical (unpaired) electrons. The normalized spacial score (nSPS) is 21.1. The minimum Gasteiger partial charge on any atom is -0.328 e. The summed E-state index contributed by atoms with van der Waals surface area (Å²) in [6.07, 6.45) is 1.76. The summed E-state index contributed by atoms with van der Waals surface area (Å²) in [7, 11) is 0. The Morgan fingerprint density at radius 1 is 0.963 bits per heavy atom. The number of fused-ring (bicyclic) bond motifs is 2. The zero-order valence-corrected chi connectivity index (χ0v) is 14.4. The van der Waals surface area contributed by atoms with Gasteiger partial charge in [0.15, 0.2) is 0 Å². The monoisotopic (exact) mass is 360 g/mol. The Labute approximate surface area is 154 Å². The van der Waals surface area contributed by atoms with E-state index in [2.05, 4.69) is 20.7 Å². The highest BCUT2D eigenvalue weighted by molar-refractivity contribution is 6.21. The van der Waals surface area contributed by atoms with Gasteiger partial charge in [0.05, 0.1) is 48.1 Å². The van der Waals surface area contributed by atoms with Crippen molar-refractivity contribution >= 4 is 22.8 Å². The Bertz CT molecular complexity index is 1060. The first-order valence-electron chi connectivity index (χ1n) is 8.66. The molecule has 1 unspecified atom stereocenters. The van der Waals surface area contributed by atoms with E-state index >= 15 is 0 Å². The number of benzene rings is 2. The number of aromatic nitrogens is 2. The molecule has 27 heavy (non-hydrogen) atoms. The summed E-state index contributed by atoms with van der Waals surface area (Å²) in [4.78, 5) is 31.2. The first-order chi connectivity index (χ1) is 13.2. The Hall–Kier alpha value is -3.55. The van der Waals surface area contributed by atoms with Crippen LogP contribution in [0.5, 0.6) is 0 Å². The lowest BCUT2D eigenvalue weighted by Gasteiger charge is -2.31. The van der Waals surface area contributed by atoms with Crippen LogP contribution in [0.3, 0.4) is 0 Å². The van der Waals surface area contributed by atoms with Crippen LogP contribution < -0.4 is 5.43 Å². The van der Waals surface area contributed by atoms with Crippen molar-refractivity contribution in [2.24, 2.45) is 10.3 Å². The van der Waals surface area contributed by atoms with E-state index in [1.165, 1.54) is 4.90 Å². The van der Waals surface area contributed by atoms with Gasteiger partial charge in [-0.1, -0.05) is 29.5 Å². The van der Waals surface area contributed by atoms with E-state index in [4.69, 9.17) is 0 Å². The Balaban J connectivity index is 1.47. The Morgan fingerprint density at radius 3 is 2.37 bits per heavy atom. The van der Waals surface area contributed by atoms with Gasteiger partial charge < -0.3 is 4.57 Å². The van der Waals surface area contributed by atoms with Crippen LogP contribution in [0.4, 0.5) is 0 Å². The lowest BCUT2D eigenvalue weighted by Crippen LogP contribution is -2.55. The van der Waals surface area contributed by atoms with E-state index in [1.54, 1.807) is 30.6 Å². The van der Waals surface area contributed by atoms with Gasteiger partial charge in [0.25, 0.3) is 11.8 Å². The summed E-state index contributed by atoms with van der Waals surface area (Å²) in [5, 5.41) is 8.00. The van der Waals surface area contributed by atoms with Crippen LogP contribution in [0.25, 0.3) is 11.0 Å². The molecule has 0 bridgehead atoms. The van der Waals surface area contributed by atoms with Crippen LogP contribution in [0.2, 0.25) is 0 Å². The molecule has 2 aromatic carbocycles. The number of rotatable bonds is 4. The first kappa shape index (κ1) is 15.7. The predicted octanol–water partition coefficient (Wildman–Crippen LogP) is 2.04. The molecule has 5 rings (SSSR count). The van der Waals surface area contributed by atoms with E-state index in [0.717, 1.165) is 11.0 Å². The zero-order chi connectivity index (χ0) is 18.4. The molecule has 0 spiro atoms. The molecule has 3 heterocycles. The number of amides is 2. The van der Waals surface area contributed by atoms with Gasteiger partial charge in [-0.3, -0.25) is 19.9 Å². The lowest BCUT2D eigenvalue weighted by molar-refractivity contribution is 0.0601. The number of nitrogens with one attached hydrogen (secondary N) is 1. The highest BCUT2D eigenvalue weighted by Gasteiger charge is 2.43. The minimum absolute atomic E-state index is 0.179. The Kier molecular flexibility index (Phi) is 3.33. The molecular formula is C19H16N6O2. The summed E-state index contributed by atoms with van der Waals surface area (Å²) < 4.78 is 2.00. The van der Waals surface area contributed by atoms with Crippen molar-refractivity contribution in [3.63, 3.8) is 0 Å². The lowest BCUT2D eigenvalue weighted by atomic mass is 9.99.